The number of nitrogens with zero attached hydrogens (tertiary/aromatic N) is 3. The summed E-state index contributed by atoms with van der Waals surface area (Å²) in [6.45, 7) is 3.87. The van der Waals surface area contributed by atoms with Gasteiger partial charge in [-0.15, -0.1) is 0 Å². The molecule has 6 heteroatoms. The van der Waals surface area contributed by atoms with Crippen molar-refractivity contribution in [2.45, 2.75) is 43.9 Å². The molecule has 1 aromatic heterocycles. The second-order valence-corrected chi connectivity index (χ2v) is 8.62. The van der Waals surface area contributed by atoms with Gasteiger partial charge >= 0.3 is 0 Å². The molecule has 1 spiro atoms. The van der Waals surface area contributed by atoms with Gasteiger partial charge in [0.25, 0.3) is 0 Å². The smallest absolute Gasteiger partial charge is 0.126 e. The van der Waals surface area contributed by atoms with Gasteiger partial charge in [-0.05, 0) is 31.0 Å². The van der Waals surface area contributed by atoms with Crippen molar-refractivity contribution in [1.29, 1.82) is 0 Å². The molecule has 0 saturated carbocycles. The average molecular weight is 388 g/mol. The fourth-order valence-electron chi connectivity index (χ4n) is 5.13. The van der Waals surface area contributed by atoms with Gasteiger partial charge in [-0.25, -0.2) is 0 Å². The normalized spacial score (nSPS) is 27.0. The summed E-state index contributed by atoms with van der Waals surface area (Å²) in [6.07, 6.45) is 8.55. The molecule has 2 aromatic rings. The minimum absolute atomic E-state index is 0.114. The van der Waals surface area contributed by atoms with Gasteiger partial charge in [0.2, 0.25) is 0 Å². The molecule has 0 amide bonds. The highest BCUT2D eigenvalue weighted by Gasteiger charge is 2.52. The molecular weight excluding hydrogens is 362 g/mol. The molecule has 2 atom stereocenters. The largest absolute Gasteiger partial charge is 0.486 e. The van der Waals surface area contributed by atoms with Crippen LogP contribution in [0.15, 0.2) is 30.6 Å². The van der Waals surface area contributed by atoms with E-state index in [1.54, 1.807) is 0 Å². The van der Waals surface area contributed by atoms with Gasteiger partial charge in [0.05, 0.1) is 12.3 Å². The summed E-state index contributed by atoms with van der Waals surface area (Å²) in [5, 5.41) is 5.05. The van der Waals surface area contributed by atoms with Crippen LogP contribution in [0.2, 0.25) is 5.02 Å². The molecular formula is C21H26ClN3O2. The molecule has 0 unspecified atom stereocenters. The zero-order chi connectivity index (χ0) is 18.4. The number of rotatable bonds is 2. The zero-order valence-corrected chi connectivity index (χ0v) is 16.5. The Bertz CT molecular complexity index is 829. The predicted octanol–water partition coefficient (Wildman–Crippen LogP) is 3.97. The first-order valence-electron chi connectivity index (χ1n) is 9.93. The van der Waals surface area contributed by atoms with Gasteiger partial charge in [-0.1, -0.05) is 11.6 Å². The first-order valence-corrected chi connectivity index (χ1v) is 10.3. The molecule has 5 rings (SSSR count). The van der Waals surface area contributed by atoms with Crippen LogP contribution in [0.5, 0.6) is 5.75 Å². The molecule has 27 heavy (non-hydrogen) atoms. The van der Waals surface area contributed by atoms with E-state index in [4.69, 9.17) is 21.1 Å². The standard InChI is InChI=1S/C21H26ClN3O2/c1-24-13-15(12-23-24)14-25-8-6-21(7-9-25)18-3-2-10-26-20(18)17-11-16(22)4-5-19(17)27-21/h4-5,11-13,18,20H,2-3,6-10,14H2,1H3/t18-,20+/m0/s1. The number of hydrogen-bond acceptors (Lipinski definition) is 4. The lowest BCUT2D eigenvalue weighted by molar-refractivity contribution is -0.150. The summed E-state index contributed by atoms with van der Waals surface area (Å²) < 4.78 is 14.8. The van der Waals surface area contributed by atoms with Crippen LogP contribution in [0.3, 0.4) is 0 Å². The van der Waals surface area contributed by atoms with Crippen LogP contribution < -0.4 is 4.74 Å². The third-order valence-corrected chi connectivity index (χ3v) is 6.69. The number of piperidine rings is 1. The Kier molecular flexibility index (Phi) is 4.42. The number of ether oxygens (including phenoxy) is 2. The van der Waals surface area contributed by atoms with E-state index >= 15 is 0 Å². The maximum atomic E-state index is 6.71. The van der Waals surface area contributed by atoms with E-state index in [9.17, 15) is 0 Å². The van der Waals surface area contributed by atoms with E-state index in [0.717, 1.165) is 61.8 Å². The quantitative estimate of drug-likeness (QED) is 0.781. The highest BCUT2D eigenvalue weighted by atomic mass is 35.5. The minimum atomic E-state index is -0.114. The molecule has 0 N–H and O–H groups in total. The maximum Gasteiger partial charge on any atom is 0.126 e. The second-order valence-electron chi connectivity index (χ2n) is 8.19. The Morgan fingerprint density at radius 2 is 2.15 bits per heavy atom. The lowest BCUT2D eigenvalue weighted by atomic mass is 9.70. The highest BCUT2D eigenvalue weighted by Crippen LogP contribution is 2.53. The Balaban J connectivity index is 1.37. The highest BCUT2D eigenvalue weighted by molar-refractivity contribution is 6.30. The minimum Gasteiger partial charge on any atom is -0.486 e. The first kappa shape index (κ1) is 17.5. The number of halogens is 1. The monoisotopic (exact) mass is 387 g/mol. The molecule has 144 valence electrons. The van der Waals surface area contributed by atoms with E-state index < -0.39 is 0 Å². The molecule has 4 heterocycles. The van der Waals surface area contributed by atoms with Gasteiger partial charge < -0.3 is 9.47 Å². The van der Waals surface area contributed by atoms with Crippen molar-refractivity contribution in [1.82, 2.24) is 14.7 Å². The van der Waals surface area contributed by atoms with Crippen molar-refractivity contribution in [3.8, 4) is 5.75 Å². The average Bonchev–Trinajstić information content (AvgIpc) is 3.09. The summed E-state index contributed by atoms with van der Waals surface area (Å²) >= 11 is 6.26. The molecule has 0 radical (unpaired) electrons. The molecule has 1 aromatic carbocycles. The van der Waals surface area contributed by atoms with Crippen LogP contribution in [-0.2, 0) is 18.3 Å². The Hall–Kier alpha value is -1.56. The van der Waals surface area contributed by atoms with Crippen LogP contribution in [-0.4, -0.2) is 40.0 Å². The zero-order valence-electron chi connectivity index (χ0n) is 15.7. The van der Waals surface area contributed by atoms with E-state index in [1.165, 1.54) is 12.0 Å². The Morgan fingerprint density at radius 3 is 2.93 bits per heavy atom. The van der Waals surface area contributed by atoms with Gasteiger partial charge in [0.1, 0.15) is 11.4 Å². The summed E-state index contributed by atoms with van der Waals surface area (Å²) in [4.78, 5) is 2.52. The van der Waals surface area contributed by atoms with Gasteiger partial charge in [-0.3, -0.25) is 9.58 Å². The number of fused-ring (bicyclic) bond motifs is 4. The van der Waals surface area contributed by atoms with Crippen molar-refractivity contribution in [3.05, 3.63) is 46.7 Å². The molecule has 0 bridgehead atoms. The second kappa shape index (κ2) is 6.80. The van der Waals surface area contributed by atoms with Crippen LogP contribution in [0.25, 0.3) is 0 Å². The Labute approximate surface area is 165 Å². The number of aromatic nitrogens is 2. The van der Waals surface area contributed by atoms with E-state index in [1.807, 2.05) is 36.1 Å². The molecule has 5 nitrogen and oxygen atoms in total. The molecule has 3 aliphatic heterocycles. The van der Waals surface area contributed by atoms with Crippen LogP contribution in [0.1, 0.15) is 42.9 Å². The van der Waals surface area contributed by atoms with Crippen molar-refractivity contribution >= 4 is 11.6 Å². The van der Waals surface area contributed by atoms with Gasteiger partial charge in [0, 0.05) is 74.4 Å². The van der Waals surface area contributed by atoms with Crippen molar-refractivity contribution in [2.75, 3.05) is 19.7 Å². The topological polar surface area (TPSA) is 39.5 Å². The summed E-state index contributed by atoms with van der Waals surface area (Å²) in [5.74, 6) is 1.38. The van der Waals surface area contributed by atoms with Crippen LogP contribution in [0, 0.1) is 5.92 Å². The fraction of sp³-hybridized carbons (Fsp3) is 0.571. The fourth-order valence-corrected chi connectivity index (χ4v) is 5.31. The van der Waals surface area contributed by atoms with E-state index in [0.29, 0.717) is 5.92 Å². The summed E-state index contributed by atoms with van der Waals surface area (Å²) in [5.41, 5.74) is 2.30. The number of benzene rings is 1. The van der Waals surface area contributed by atoms with E-state index in [-0.39, 0.29) is 11.7 Å². The number of hydrogen-bond donors (Lipinski definition) is 0. The van der Waals surface area contributed by atoms with Crippen LogP contribution >= 0.6 is 11.6 Å². The number of aryl methyl sites for hydroxylation is 1. The third-order valence-electron chi connectivity index (χ3n) is 6.46. The molecule has 0 aliphatic carbocycles. The molecule has 2 saturated heterocycles. The van der Waals surface area contributed by atoms with Crippen molar-refractivity contribution < 1.29 is 9.47 Å². The number of likely N-dealkylation sites (tertiary alicyclic amines) is 1. The predicted molar refractivity (Wildman–Crippen MR) is 104 cm³/mol. The lowest BCUT2D eigenvalue weighted by Crippen LogP contribution is -2.57. The summed E-state index contributed by atoms with van der Waals surface area (Å²) in [7, 11) is 1.97. The van der Waals surface area contributed by atoms with Crippen LogP contribution in [0.4, 0.5) is 0 Å². The van der Waals surface area contributed by atoms with Crippen molar-refractivity contribution in [2.24, 2.45) is 13.0 Å². The van der Waals surface area contributed by atoms with Gasteiger partial charge in [0.15, 0.2) is 0 Å². The Morgan fingerprint density at radius 1 is 1.30 bits per heavy atom. The van der Waals surface area contributed by atoms with E-state index in [2.05, 4.69) is 16.2 Å². The lowest BCUT2D eigenvalue weighted by Gasteiger charge is -2.53. The third kappa shape index (κ3) is 3.16. The maximum absolute atomic E-state index is 6.71. The first-order chi connectivity index (χ1) is 13.1. The van der Waals surface area contributed by atoms with Crippen molar-refractivity contribution in [3.63, 3.8) is 0 Å². The molecule has 3 aliphatic rings. The van der Waals surface area contributed by atoms with Gasteiger partial charge in [-0.2, -0.15) is 5.10 Å². The SMILES string of the molecule is Cn1cc(CN2CCC3(CC2)Oc2ccc(Cl)cc2[C@H]2OCCC[C@@H]23)cn1. The summed E-state index contributed by atoms with van der Waals surface area (Å²) in [6, 6.07) is 5.98. The molecule has 2 fully saturated rings.